The first-order valence-electron chi connectivity index (χ1n) is 10.4. The van der Waals surface area contributed by atoms with Gasteiger partial charge in [0.05, 0.1) is 6.54 Å². The van der Waals surface area contributed by atoms with E-state index in [-0.39, 0.29) is 18.9 Å². The van der Waals surface area contributed by atoms with Crippen LogP contribution in [0.4, 0.5) is 4.79 Å². The highest BCUT2D eigenvalue weighted by molar-refractivity contribution is 5.89. The fourth-order valence-electron chi connectivity index (χ4n) is 3.68. The molecule has 0 bridgehead atoms. The Morgan fingerprint density at radius 2 is 1.45 bits per heavy atom. The molecule has 1 aliphatic carbocycles. The number of fused-ring (bicyclic) bond motifs is 3. The summed E-state index contributed by atoms with van der Waals surface area (Å²) in [4.78, 5) is 46.6. The number of aliphatic hydroxyl groups excluding tert-OH is 1. The largest absolute Gasteiger partial charge is 0.480 e. The van der Waals surface area contributed by atoms with Crippen molar-refractivity contribution in [3.8, 4) is 11.1 Å². The number of hydrogen-bond donors (Lipinski definition) is 5. The van der Waals surface area contributed by atoms with Crippen LogP contribution in [0.2, 0.25) is 0 Å². The van der Waals surface area contributed by atoms with E-state index in [1.54, 1.807) is 0 Å². The average molecular weight is 455 g/mol. The molecule has 2 aromatic carbocycles. The summed E-state index contributed by atoms with van der Waals surface area (Å²) in [5.41, 5.74) is 4.33. The lowest BCUT2D eigenvalue weighted by Crippen LogP contribution is -2.47. The van der Waals surface area contributed by atoms with Crippen LogP contribution in [0, 0.1) is 0 Å². The number of ether oxygens (including phenoxy) is 1. The van der Waals surface area contributed by atoms with Crippen LogP contribution >= 0.6 is 0 Å². The molecule has 33 heavy (non-hydrogen) atoms. The van der Waals surface area contributed by atoms with Crippen LogP contribution in [-0.2, 0) is 19.1 Å². The Morgan fingerprint density at radius 3 is 2.03 bits per heavy atom. The van der Waals surface area contributed by atoms with Crippen LogP contribution in [0.5, 0.6) is 0 Å². The first kappa shape index (κ1) is 23.7. The summed E-state index contributed by atoms with van der Waals surface area (Å²) in [6.45, 7) is -1.19. The van der Waals surface area contributed by atoms with Gasteiger partial charge in [-0.2, -0.15) is 0 Å². The Kier molecular flexibility index (Phi) is 7.98. The zero-order valence-corrected chi connectivity index (χ0v) is 17.7. The van der Waals surface area contributed by atoms with Crippen molar-refractivity contribution in [1.82, 2.24) is 16.0 Å². The molecule has 0 aliphatic heterocycles. The maximum absolute atomic E-state index is 12.1. The molecule has 2 aromatic rings. The topological polar surface area (TPSA) is 154 Å². The van der Waals surface area contributed by atoms with Crippen molar-refractivity contribution >= 4 is 23.9 Å². The predicted molar refractivity (Wildman–Crippen MR) is 117 cm³/mol. The lowest BCUT2D eigenvalue weighted by molar-refractivity contribution is -0.142. The van der Waals surface area contributed by atoms with Gasteiger partial charge in [0.1, 0.15) is 19.2 Å². The van der Waals surface area contributed by atoms with E-state index < -0.39 is 49.6 Å². The van der Waals surface area contributed by atoms with E-state index in [2.05, 4.69) is 16.0 Å². The van der Waals surface area contributed by atoms with Gasteiger partial charge in [-0.1, -0.05) is 48.5 Å². The van der Waals surface area contributed by atoms with Gasteiger partial charge in [0.25, 0.3) is 0 Å². The van der Waals surface area contributed by atoms with Gasteiger partial charge in [0.2, 0.25) is 11.8 Å². The van der Waals surface area contributed by atoms with Gasteiger partial charge in [-0.3, -0.25) is 9.59 Å². The van der Waals surface area contributed by atoms with E-state index in [1.165, 1.54) is 0 Å². The molecule has 1 aliphatic rings. The minimum absolute atomic E-state index is 0.102. The summed E-state index contributed by atoms with van der Waals surface area (Å²) >= 11 is 0. The van der Waals surface area contributed by atoms with Gasteiger partial charge >= 0.3 is 12.1 Å². The Bertz CT molecular complexity index is 995. The summed E-state index contributed by atoms with van der Waals surface area (Å²) in [6, 6.07) is 14.6. The minimum Gasteiger partial charge on any atom is -0.480 e. The third-order valence-corrected chi connectivity index (χ3v) is 5.23. The SMILES string of the molecule is O=C(CNC(=O)OCC1c2ccccc2-c2ccccc21)NCC(=O)N[C@H](CCO)C(=O)O. The molecule has 0 unspecified atom stereocenters. The normalized spacial score (nSPS) is 12.8. The highest BCUT2D eigenvalue weighted by Crippen LogP contribution is 2.44. The summed E-state index contributed by atoms with van der Waals surface area (Å²) in [6.07, 6.45) is -0.927. The number of alkyl carbamates (subject to hydrolysis) is 1. The minimum atomic E-state index is -1.29. The van der Waals surface area contributed by atoms with Gasteiger partial charge in [-0.05, 0) is 22.3 Å². The Morgan fingerprint density at radius 1 is 0.879 bits per heavy atom. The van der Waals surface area contributed by atoms with E-state index in [9.17, 15) is 19.2 Å². The second-order valence-electron chi connectivity index (χ2n) is 7.43. The maximum atomic E-state index is 12.1. The summed E-state index contributed by atoms with van der Waals surface area (Å²) < 4.78 is 5.32. The molecule has 0 fully saturated rings. The number of carbonyl (C=O) groups is 4. The van der Waals surface area contributed by atoms with E-state index in [0.29, 0.717) is 0 Å². The number of benzene rings is 2. The first-order valence-corrected chi connectivity index (χ1v) is 10.4. The second-order valence-corrected chi connectivity index (χ2v) is 7.43. The molecule has 10 nitrogen and oxygen atoms in total. The fraction of sp³-hybridized carbons (Fsp3) is 0.304. The molecule has 5 N–H and O–H groups in total. The monoisotopic (exact) mass is 455 g/mol. The Balaban J connectivity index is 1.42. The molecule has 0 heterocycles. The Hall–Kier alpha value is -3.92. The number of nitrogens with one attached hydrogen (secondary N) is 3. The van der Waals surface area contributed by atoms with Crippen LogP contribution in [0.25, 0.3) is 11.1 Å². The number of rotatable bonds is 10. The second kappa shape index (κ2) is 11.1. The van der Waals surface area contributed by atoms with Crippen LogP contribution in [-0.4, -0.2) is 66.4 Å². The van der Waals surface area contributed by atoms with Crippen molar-refractivity contribution in [3.05, 3.63) is 59.7 Å². The molecule has 0 aromatic heterocycles. The molecule has 0 radical (unpaired) electrons. The zero-order chi connectivity index (χ0) is 23.8. The number of aliphatic hydroxyl groups is 1. The van der Waals surface area contributed by atoms with Gasteiger partial charge < -0.3 is 30.9 Å². The first-order chi connectivity index (χ1) is 15.9. The van der Waals surface area contributed by atoms with Crippen molar-refractivity contribution in [1.29, 1.82) is 0 Å². The van der Waals surface area contributed by atoms with Crippen LogP contribution < -0.4 is 16.0 Å². The quantitative estimate of drug-likeness (QED) is 0.351. The van der Waals surface area contributed by atoms with Crippen LogP contribution in [0.1, 0.15) is 23.5 Å². The molecular weight excluding hydrogens is 430 g/mol. The third-order valence-electron chi connectivity index (χ3n) is 5.23. The Labute approximate surface area is 189 Å². The number of hydrogen-bond acceptors (Lipinski definition) is 6. The van der Waals surface area contributed by atoms with E-state index in [1.807, 2.05) is 48.5 Å². The summed E-state index contributed by atoms with van der Waals surface area (Å²) in [7, 11) is 0. The highest BCUT2D eigenvalue weighted by Gasteiger charge is 2.29. The van der Waals surface area contributed by atoms with Gasteiger partial charge in [-0.25, -0.2) is 9.59 Å². The van der Waals surface area contributed by atoms with Crippen LogP contribution in [0.3, 0.4) is 0 Å². The standard InChI is InChI=1S/C23H25N3O7/c27-10-9-19(22(30)31)26-21(29)12-24-20(28)11-25-23(32)33-13-18-16-7-3-1-5-14(16)15-6-2-4-8-17(15)18/h1-8,18-19,27H,9-13H2,(H,24,28)(H,25,32)(H,26,29)(H,30,31)/t19-/m1/s1. The zero-order valence-electron chi connectivity index (χ0n) is 17.7. The van der Waals surface area contributed by atoms with Gasteiger partial charge in [-0.15, -0.1) is 0 Å². The molecule has 10 heteroatoms. The number of carbonyl (C=O) groups excluding carboxylic acids is 3. The van der Waals surface area contributed by atoms with E-state index in [0.717, 1.165) is 22.3 Å². The molecule has 0 saturated carbocycles. The molecule has 0 saturated heterocycles. The fourth-order valence-corrected chi connectivity index (χ4v) is 3.68. The predicted octanol–water partition coefficient (Wildman–Crippen LogP) is 0.593. The van der Waals surface area contributed by atoms with Gasteiger partial charge in [0.15, 0.2) is 0 Å². The molecule has 1 atom stereocenters. The van der Waals surface area contributed by atoms with Crippen molar-refractivity contribution in [2.75, 3.05) is 26.3 Å². The van der Waals surface area contributed by atoms with E-state index >= 15 is 0 Å². The highest BCUT2D eigenvalue weighted by atomic mass is 16.5. The molecule has 174 valence electrons. The van der Waals surface area contributed by atoms with Crippen molar-refractivity contribution in [2.45, 2.75) is 18.4 Å². The third kappa shape index (κ3) is 6.07. The number of aliphatic carboxylic acids is 1. The van der Waals surface area contributed by atoms with E-state index in [4.69, 9.17) is 14.9 Å². The number of amides is 3. The molecular formula is C23H25N3O7. The van der Waals surface area contributed by atoms with Gasteiger partial charge in [0, 0.05) is 18.9 Å². The van der Waals surface area contributed by atoms with Crippen molar-refractivity contribution < 1.29 is 34.1 Å². The smallest absolute Gasteiger partial charge is 0.407 e. The summed E-state index contributed by atoms with van der Waals surface area (Å²) in [5, 5.41) is 24.5. The molecule has 3 rings (SSSR count). The van der Waals surface area contributed by atoms with Crippen molar-refractivity contribution in [3.63, 3.8) is 0 Å². The lowest BCUT2D eigenvalue weighted by atomic mass is 9.98. The lowest BCUT2D eigenvalue weighted by Gasteiger charge is -2.15. The number of carboxylic acids is 1. The maximum Gasteiger partial charge on any atom is 0.407 e. The molecule has 0 spiro atoms. The average Bonchev–Trinajstić information content (AvgIpc) is 3.13. The summed E-state index contributed by atoms with van der Waals surface area (Å²) in [5.74, 6) is -2.78. The number of carboxylic acid groups (broad SMARTS) is 1. The van der Waals surface area contributed by atoms with Crippen LogP contribution in [0.15, 0.2) is 48.5 Å². The van der Waals surface area contributed by atoms with Crippen molar-refractivity contribution in [2.24, 2.45) is 0 Å². The molecule has 3 amide bonds.